The zero-order chi connectivity index (χ0) is 23.1. The molecule has 0 unspecified atom stereocenters. The van der Waals surface area contributed by atoms with E-state index in [0.29, 0.717) is 30.9 Å². The molecule has 0 heterocycles. The lowest BCUT2D eigenvalue weighted by molar-refractivity contribution is -0.384. The van der Waals surface area contributed by atoms with E-state index >= 15 is 0 Å². The molecule has 1 aliphatic carbocycles. The third kappa shape index (κ3) is 4.90. The lowest BCUT2D eigenvalue weighted by Crippen LogP contribution is -2.38. The van der Waals surface area contributed by atoms with Crippen LogP contribution in [0, 0.1) is 10.1 Å². The molecule has 0 saturated heterocycles. The fourth-order valence-corrected chi connectivity index (χ4v) is 4.09. The minimum Gasteiger partial charge on any atom is -0.493 e. The van der Waals surface area contributed by atoms with Crippen molar-refractivity contribution in [2.75, 3.05) is 18.5 Å². The monoisotopic (exact) mass is 440 g/mol. The van der Waals surface area contributed by atoms with Gasteiger partial charge in [0.25, 0.3) is 5.69 Å². The molecule has 170 valence electrons. The van der Waals surface area contributed by atoms with Gasteiger partial charge in [-0.2, -0.15) is 0 Å². The summed E-state index contributed by atoms with van der Waals surface area (Å²) in [7, 11) is 0. The summed E-state index contributed by atoms with van der Waals surface area (Å²) in [6.07, 6.45) is 3.88. The van der Waals surface area contributed by atoms with Gasteiger partial charge in [-0.15, -0.1) is 0 Å². The summed E-state index contributed by atoms with van der Waals surface area (Å²) in [4.78, 5) is 36.4. The van der Waals surface area contributed by atoms with Gasteiger partial charge < -0.3 is 14.8 Å². The number of carbonyl (C=O) groups excluding carboxylic acids is 2. The van der Waals surface area contributed by atoms with Crippen LogP contribution in [0.15, 0.2) is 42.5 Å². The number of hydrogen-bond donors (Lipinski definition) is 1. The Morgan fingerprint density at radius 1 is 1.09 bits per heavy atom. The lowest BCUT2D eigenvalue weighted by Gasteiger charge is -2.28. The molecule has 8 heteroatoms. The third-order valence-corrected chi connectivity index (χ3v) is 5.72. The van der Waals surface area contributed by atoms with Crippen molar-refractivity contribution < 1.29 is 24.0 Å². The van der Waals surface area contributed by atoms with Gasteiger partial charge in [0.2, 0.25) is 5.91 Å². The SMILES string of the molecule is CCCOc1ccc(NC(=O)C2(c3ccc([N+](=O)[O-])cc3)CCCC2)cc1C(=O)OCC. The highest BCUT2D eigenvalue weighted by molar-refractivity contribution is 6.01. The van der Waals surface area contributed by atoms with E-state index in [2.05, 4.69) is 5.32 Å². The normalized spacial score (nSPS) is 14.6. The molecule has 0 radical (unpaired) electrons. The zero-order valence-electron chi connectivity index (χ0n) is 18.4. The van der Waals surface area contributed by atoms with Crippen LogP contribution in [0.1, 0.15) is 61.9 Å². The Morgan fingerprint density at radius 3 is 2.38 bits per heavy atom. The molecule has 0 aliphatic heterocycles. The number of anilines is 1. The molecule has 0 spiro atoms. The number of nitrogens with one attached hydrogen (secondary N) is 1. The largest absolute Gasteiger partial charge is 0.493 e. The first kappa shape index (κ1) is 23.2. The minimum atomic E-state index is -0.767. The van der Waals surface area contributed by atoms with Crippen molar-refractivity contribution in [3.63, 3.8) is 0 Å². The number of carbonyl (C=O) groups is 2. The van der Waals surface area contributed by atoms with Crippen molar-refractivity contribution in [3.8, 4) is 5.75 Å². The average Bonchev–Trinajstić information content (AvgIpc) is 3.29. The fourth-order valence-electron chi connectivity index (χ4n) is 4.09. The quantitative estimate of drug-likeness (QED) is 0.334. The first-order chi connectivity index (χ1) is 15.4. The molecule has 2 aromatic rings. The number of nitro groups is 1. The Balaban J connectivity index is 1.88. The number of esters is 1. The van der Waals surface area contributed by atoms with E-state index in [1.165, 1.54) is 12.1 Å². The molecule has 0 bridgehead atoms. The van der Waals surface area contributed by atoms with E-state index in [4.69, 9.17) is 9.47 Å². The highest BCUT2D eigenvalue weighted by Gasteiger charge is 2.43. The van der Waals surface area contributed by atoms with Gasteiger partial charge in [0.05, 0.1) is 23.6 Å². The van der Waals surface area contributed by atoms with Crippen molar-refractivity contribution in [2.24, 2.45) is 0 Å². The number of non-ortho nitro benzene ring substituents is 1. The van der Waals surface area contributed by atoms with Crippen molar-refractivity contribution in [1.82, 2.24) is 0 Å². The zero-order valence-corrected chi connectivity index (χ0v) is 18.4. The number of nitrogens with zero attached hydrogens (tertiary/aromatic N) is 1. The number of amides is 1. The second-order valence-electron chi connectivity index (χ2n) is 7.83. The number of rotatable bonds is 9. The maximum Gasteiger partial charge on any atom is 0.341 e. The maximum atomic E-state index is 13.4. The first-order valence-electron chi connectivity index (χ1n) is 10.9. The van der Waals surface area contributed by atoms with Crippen LogP contribution in [0.3, 0.4) is 0 Å². The van der Waals surface area contributed by atoms with E-state index in [1.54, 1.807) is 37.3 Å². The van der Waals surface area contributed by atoms with Crippen LogP contribution in [-0.4, -0.2) is 30.0 Å². The van der Waals surface area contributed by atoms with Crippen LogP contribution >= 0.6 is 0 Å². The molecule has 1 fully saturated rings. The van der Waals surface area contributed by atoms with Gasteiger partial charge in [-0.05, 0) is 49.9 Å². The van der Waals surface area contributed by atoms with Crippen molar-refractivity contribution in [3.05, 3.63) is 63.7 Å². The smallest absolute Gasteiger partial charge is 0.341 e. The van der Waals surface area contributed by atoms with Crippen LogP contribution in [0.4, 0.5) is 11.4 Å². The molecular formula is C24H28N2O6. The molecule has 1 saturated carbocycles. The summed E-state index contributed by atoms with van der Waals surface area (Å²) in [5, 5.41) is 13.9. The van der Waals surface area contributed by atoms with E-state index in [-0.39, 0.29) is 23.8 Å². The third-order valence-electron chi connectivity index (χ3n) is 5.72. The summed E-state index contributed by atoms with van der Waals surface area (Å²) < 4.78 is 10.8. The summed E-state index contributed by atoms with van der Waals surface area (Å²) >= 11 is 0. The van der Waals surface area contributed by atoms with Crippen LogP contribution in [0.25, 0.3) is 0 Å². The summed E-state index contributed by atoms with van der Waals surface area (Å²) in [6, 6.07) is 11.1. The number of ether oxygens (including phenoxy) is 2. The van der Waals surface area contributed by atoms with E-state index in [9.17, 15) is 19.7 Å². The summed E-state index contributed by atoms with van der Waals surface area (Å²) in [5.74, 6) is -0.296. The van der Waals surface area contributed by atoms with Gasteiger partial charge in [-0.1, -0.05) is 31.9 Å². The van der Waals surface area contributed by atoms with E-state index in [0.717, 1.165) is 24.8 Å². The number of hydrogen-bond acceptors (Lipinski definition) is 6. The molecule has 2 aromatic carbocycles. The topological polar surface area (TPSA) is 108 Å². The molecule has 1 aliphatic rings. The van der Waals surface area contributed by atoms with Gasteiger partial charge in [0, 0.05) is 17.8 Å². The second kappa shape index (κ2) is 10.3. The highest BCUT2D eigenvalue weighted by atomic mass is 16.6. The van der Waals surface area contributed by atoms with E-state index < -0.39 is 16.3 Å². The van der Waals surface area contributed by atoms with Gasteiger partial charge in [0.15, 0.2) is 0 Å². The van der Waals surface area contributed by atoms with Crippen LogP contribution < -0.4 is 10.1 Å². The van der Waals surface area contributed by atoms with Crippen LogP contribution in [0.5, 0.6) is 5.75 Å². The molecule has 8 nitrogen and oxygen atoms in total. The van der Waals surface area contributed by atoms with Crippen LogP contribution in [0.2, 0.25) is 0 Å². The van der Waals surface area contributed by atoms with Gasteiger partial charge >= 0.3 is 5.97 Å². The van der Waals surface area contributed by atoms with Gasteiger partial charge in [-0.25, -0.2) is 4.79 Å². The number of nitro benzene ring substituents is 1. The van der Waals surface area contributed by atoms with Crippen LogP contribution in [-0.2, 0) is 14.9 Å². The summed E-state index contributed by atoms with van der Waals surface area (Å²) in [6.45, 7) is 4.38. The minimum absolute atomic E-state index is 0.0101. The Kier molecular flexibility index (Phi) is 7.45. The molecule has 0 aromatic heterocycles. The first-order valence-corrected chi connectivity index (χ1v) is 10.9. The van der Waals surface area contributed by atoms with Gasteiger partial charge in [0.1, 0.15) is 11.3 Å². The molecule has 3 rings (SSSR count). The highest BCUT2D eigenvalue weighted by Crippen LogP contribution is 2.42. The molecular weight excluding hydrogens is 412 g/mol. The Bertz CT molecular complexity index is 980. The second-order valence-corrected chi connectivity index (χ2v) is 7.83. The van der Waals surface area contributed by atoms with Crippen molar-refractivity contribution in [1.29, 1.82) is 0 Å². The predicted octanol–water partition coefficient (Wildman–Crippen LogP) is 5.01. The average molecular weight is 440 g/mol. The Hall–Kier alpha value is -3.42. The standard InChI is InChI=1S/C24H28N2O6/c1-3-15-32-21-12-9-18(16-20(21)22(27)31-4-2)25-23(28)24(13-5-6-14-24)17-7-10-19(11-8-17)26(29)30/h7-12,16H,3-6,13-15H2,1-2H3,(H,25,28). The van der Waals surface area contributed by atoms with Gasteiger partial charge in [-0.3, -0.25) is 14.9 Å². The Morgan fingerprint density at radius 2 is 1.78 bits per heavy atom. The van der Waals surface area contributed by atoms with Crippen molar-refractivity contribution >= 4 is 23.3 Å². The maximum absolute atomic E-state index is 13.4. The lowest BCUT2D eigenvalue weighted by atomic mass is 9.78. The molecule has 1 N–H and O–H groups in total. The Labute approximate surface area is 187 Å². The number of benzene rings is 2. The van der Waals surface area contributed by atoms with Crippen molar-refractivity contribution in [2.45, 2.75) is 51.4 Å². The fraction of sp³-hybridized carbons (Fsp3) is 0.417. The molecule has 0 atom stereocenters. The van der Waals surface area contributed by atoms with E-state index in [1.807, 2.05) is 6.92 Å². The summed E-state index contributed by atoms with van der Waals surface area (Å²) in [5.41, 5.74) is 0.705. The predicted molar refractivity (Wildman–Crippen MR) is 120 cm³/mol. The molecule has 1 amide bonds. The molecule has 32 heavy (non-hydrogen) atoms.